The van der Waals surface area contributed by atoms with Crippen molar-refractivity contribution in [2.45, 2.75) is 17.4 Å². The molecule has 2 aromatic rings. The largest absolute Gasteiger partial charge is 0.241 e. The van der Waals surface area contributed by atoms with E-state index >= 15 is 0 Å². The van der Waals surface area contributed by atoms with Crippen LogP contribution in [0.1, 0.15) is 12.5 Å². The van der Waals surface area contributed by atoms with E-state index in [1.807, 2.05) is 30.3 Å². The molecule has 1 N–H and O–H groups in total. The van der Waals surface area contributed by atoms with Gasteiger partial charge in [-0.15, -0.1) is 11.6 Å². The Morgan fingerprint density at radius 2 is 1.50 bits per heavy atom. The first-order valence-corrected chi connectivity index (χ1v) is 8.20. The highest BCUT2D eigenvalue weighted by Crippen LogP contribution is 2.25. The maximum Gasteiger partial charge on any atom is 0.241 e. The van der Waals surface area contributed by atoms with E-state index in [1.54, 1.807) is 37.3 Å². The lowest BCUT2D eigenvalue weighted by atomic mass is 9.96. The molecule has 3 nitrogen and oxygen atoms in total. The molecule has 0 amide bonds. The third kappa shape index (κ3) is 3.20. The standard InChI is InChI=1S/C15H16ClNO2S/c1-15(12-16,13-8-4-2-5-9-13)17-20(18,19)14-10-6-3-7-11-14/h2-11,17H,12H2,1H3. The Labute approximate surface area is 124 Å². The lowest BCUT2D eigenvalue weighted by Gasteiger charge is -2.28. The molecule has 0 saturated carbocycles. The van der Waals surface area contributed by atoms with E-state index in [4.69, 9.17) is 11.6 Å². The molecule has 0 aliphatic heterocycles. The number of halogens is 1. The number of rotatable bonds is 5. The smallest absolute Gasteiger partial charge is 0.207 e. The molecule has 0 bridgehead atoms. The van der Waals surface area contributed by atoms with Crippen LogP contribution in [0.4, 0.5) is 0 Å². The van der Waals surface area contributed by atoms with Crippen LogP contribution in [-0.4, -0.2) is 14.3 Å². The Morgan fingerprint density at radius 3 is 2.00 bits per heavy atom. The summed E-state index contributed by atoms with van der Waals surface area (Å²) in [5, 5.41) is 0. The topological polar surface area (TPSA) is 46.2 Å². The van der Waals surface area contributed by atoms with Crippen molar-refractivity contribution in [1.82, 2.24) is 4.72 Å². The highest BCUT2D eigenvalue weighted by atomic mass is 35.5. The first kappa shape index (κ1) is 15.0. The Morgan fingerprint density at radius 1 is 1.00 bits per heavy atom. The lowest BCUT2D eigenvalue weighted by molar-refractivity contribution is 0.477. The minimum atomic E-state index is -3.61. The van der Waals surface area contributed by atoms with Crippen molar-refractivity contribution < 1.29 is 8.42 Å². The van der Waals surface area contributed by atoms with Gasteiger partial charge in [0.25, 0.3) is 0 Å². The summed E-state index contributed by atoms with van der Waals surface area (Å²) in [5.41, 5.74) is -0.0215. The number of benzene rings is 2. The Balaban J connectivity index is 2.36. The van der Waals surface area contributed by atoms with Gasteiger partial charge in [0.2, 0.25) is 10.0 Å². The summed E-state index contributed by atoms with van der Waals surface area (Å²) < 4.78 is 27.5. The summed E-state index contributed by atoms with van der Waals surface area (Å²) in [4.78, 5) is 0.229. The summed E-state index contributed by atoms with van der Waals surface area (Å²) in [7, 11) is -3.61. The molecule has 0 spiro atoms. The molecule has 1 unspecified atom stereocenters. The molecule has 0 aliphatic carbocycles. The van der Waals surface area contributed by atoms with Crippen LogP contribution in [0.2, 0.25) is 0 Å². The molecule has 20 heavy (non-hydrogen) atoms. The van der Waals surface area contributed by atoms with Gasteiger partial charge in [-0.2, -0.15) is 4.72 Å². The molecule has 1 atom stereocenters. The summed E-state index contributed by atoms with van der Waals surface area (Å²) in [5.74, 6) is 0.142. The second-order valence-corrected chi connectivity index (χ2v) is 6.70. The van der Waals surface area contributed by atoms with E-state index in [9.17, 15) is 8.42 Å². The number of nitrogens with one attached hydrogen (secondary N) is 1. The summed E-state index contributed by atoms with van der Waals surface area (Å²) in [6, 6.07) is 17.6. The van der Waals surface area contributed by atoms with Gasteiger partial charge in [0.05, 0.1) is 10.4 Å². The highest BCUT2D eigenvalue weighted by Gasteiger charge is 2.31. The fraction of sp³-hybridized carbons (Fsp3) is 0.200. The Bertz CT molecular complexity index is 659. The van der Waals surface area contributed by atoms with Gasteiger partial charge >= 0.3 is 0 Å². The van der Waals surface area contributed by atoms with Gasteiger partial charge in [0, 0.05) is 5.88 Å². The first-order valence-electron chi connectivity index (χ1n) is 6.18. The van der Waals surface area contributed by atoms with Gasteiger partial charge in [0.15, 0.2) is 0 Å². The Kier molecular flexibility index (Phi) is 4.48. The minimum Gasteiger partial charge on any atom is -0.207 e. The van der Waals surface area contributed by atoms with Crippen molar-refractivity contribution >= 4 is 21.6 Å². The first-order chi connectivity index (χ1) is 9.48. The van der Waals surface area contributed by atoms with Crippen LogP contribution >= 0.6 is 11.6 Å². The predicted molar refractivity (Wildman–Crippen MR) is 81.3 cm³/mol. The van der Waals surface area contributed by atoms with Crippen molar-refractivity contribution in [3.05, 3.63) is 66.2 Å². The molecular weight excluding hydrogens is 294 g/mol. The van der Waals surface area contributed by atoms with E-state index in [0.717, 1.165) is 5.56 Å². The predicted octanol–water partition coefficient (Wildman–Crippen LogP) is 3.12. The lowest BCUT2D eigenvalue weighted by Crippen LogP contribution is -2.44. The molecule has 106 valence electrons. The van der Waals surface area contributed by atoms with Crippen molar-refractivity contribution in [3.8, 4) is 0 Å². The maximum absolute atomic E-state index is 12.4. The van der Waals surface area contributed by atoms with Gasteiger partial charge in [0.1, 0.15) is 0 Å². The van der Waals surface area contributed by atoms with Crippen molar-refractivity contribution in [2.24, 2.45) is 0 Å². The average molecular weight is 310 g/mol. The summed E-state index contributed by atoms with van der Waals surface area (Å²) in [6.45, 7) is 1.77. The highest BCUT2D eigenvalue weighted by molar-refractivity contribution is 7.89. The fourth-order valence-corrected chi connectivity index (χ4v) is 3.64. The number of hydrogen-bond donors (Lipinski definition) is 1. The van der Waals surface area contributed by atoms with E-state index in [2.05, 4.69) is 4.72 Å². The van der Waals surface area contributed by atoms with Gasteiger partial charge in [-0.25, -0.2) is 8.42 Å². The monoisotopic (exact) mass is 309 g/mol. The SMILES string of the molecule is CC(CCl)(NS(=O)(=O)c1ccccc1)c1ccccc1. The third-order valence-corrected chi connectivity index (χ3v) is 5.24. The van der Waals surface area contributed by atoms with Crippen LogP contribution in [0.3, 0.4) is 0 Å². The molecule has 0 aliphatic rings. The Hall–Kier alpha value is -1.36. The number of sulfonamides is 1. The zero-order valence-corrected chi connectivity index (χ0v) is 12.7. The molecule has 0 radical (unpaired) electrons. The van der Waals surface area contributed by atoms with Gasteiger partial charge in [-0.1, -0.05) is 48.5 Å². The molecule has 5 heteroatoms. The maximum atomic E-state index is 12.4. The van der Waals surface area contributed by atoms with E-state index in [1.165, 1.54) is 0 Å². The van der Waals surface area contributed by atoms with E-state index in [0.29, 0.717) is 0 Å². The number of alkyl halides is 1. The molecular formula is C15H16ClNO2S. The molecule has 0 saturated heterocycles. The second-order valence-electron chi connectivity index (χ2n) is 4.75. The van der Waals surface area contributed by atoms with Gasteiger partial charge < -0.3 is 0 Å². The second kappa shape index (κ2) is 5.95. The summed E-state index contributed by atoms with van der Waals surface area (Å²) in [6.07, 6.45) is 0. The van der Waals surface area contributed by atoms with Crippen LogP contribution in [0, 0.1) is 0 Å². The zero-order chi connectivity index (χ0) is 14.6. The third-order valence-electron chi connectivity index (χ3n) is 3.09. The van der Waals surface area contributed by atoms with E-state index < -0.39 is 15.6 Å². The van der Waals surface area contributed by atoms with Crippen LogP contribution < -0.4 is 4.72 Å². The van der Waals surface area contributed by atoms with Crippen LogP contribution in [-0.2, 0) is 15.6 Å². The fourth-order valence-electron chi connectivity index (χ4n) is 1.92. The van der Waals surface area contributed by atoms with Crippen LogP contribution in [0.15, 0.2) is 65.6 Å². The molecule has 2 aromatic carbocycles. The van der Waals surface area contributed by atoms with Gasteiger partial charge in [-0.3, -0.25) is 0 Å². The number of hydrogen-bond acceptors (Lipinski definition) is 2. The summed E-state index contributed by atoms with van der Waals surface area (Å²) >= 11 is 6.01. The van der Waals surface area contributed by atoms with Crippen LogP contribution in [0.25, 0.3) is 0 Å². The average Bonchev–Trinajstić information content (AvgIpc) is 2.48. The minimum absolute atomic E-state index is 0.142. The van der Waals surface area contributed by atoms with Gasteiger partial charge in [-0.05, 0) is 24.6 Å². The zero-order valence-electron chi connectivity index (χ0n) is 11.1. The van der Waals surface area contributed by atoms with Crippen molar-refractivity contribution in [3.63, 3.8) is 0 Å². The van der Waals surface area contributed by atoms with Crippen molar-refractivity contribution in [2.75, 3.05) is 5.88 Å². The van der Waals surface area contributed by atoms with Crippen LogP contribution in [0.5, 0.6) is 0 Å². The molecule has 0 heterocycles. The van der Waals surface area contributed by atoms with E-state index in [-0.39, 0.29) is 10.8 Å². The molecule has 2 rings (SSSR count). The molecule has 0 fully saturated rings. The normalized spacial score (nSPS) is 14.7. The van der Waals surface area contributed by atoms with Crippen molar-refractivity contribution in [1.29, 1.82) is 0 Å². The molecule has 0 aromatic heterocycles. The quantitative estimate of drug-likeness (QED) is 0.863.